The molecule has 1 aromatic carbocycles. The molecule has 0 radical (unpaired) electrons. The van der Waals surface area contributed by atoms with E-state index in [1.54, 1.807) is 11.8 Å². The molecule has 19 heavy (non-hydrogen) atoms. The Labute approximate surface area is 120 Å². The molecule has 0 amide bonds. The fourth-order valence-electron chi connectivity index (χ4n) is 1.51. The number of aryl methyl sites for hydroxylation is 1. The Kier molecular flexibility index (Phi) is 4.93. The lowest BCUT2D eigenvalue weighted by atomic mass is 10.1. The van der Waals surface area contributed by atoms with Gasteiger partial charge in [-0.25, -0.2) is 4.98 Å². The van der Waals surface area contributed by atoms with Gasteiger partial charge in [0.1, 0.15) is 5.82 Å². The van der Waals surface area contributed by atoms with Crippen LogP contribution in [-0.2, 0) is 23.4 Å². The van der Waals surface area contributed by atoms with E-state index in [2.05, 4.69) is 9.36 Å². The lowest BCUT2D eigenvalue weighted by Gasteiger charge is -2.01. The molecule has 4 nitrogen and oxygen atoms in total. The summed E-state index contributed by atoms with van der Waals surface area (Å²) in [6.07, 6.45) is 0.935. The molecule has 0 bridgehead atoms. The number of rotatable bonds is 6. The van der Waals surface area contributed by atoms with Gasteiger partial charge in [0.25, 0.3) is 0 Å². The Balaban J connectivity index is 1.90. The molecule has 100 valence electrons. The highest BCUT2D eigenvalue weighted by Crippen LogP contribution is 2.24. The molecule has 2 rings (SSSR count). The van der Waals surface area contributed by atoms with Crippen LogP contribution in [0.2, 0.25) is 0 Å². The summed E-state index contributed by atoms with van der Waals surface area (Å²) in [6, 6.07) is 7.66. The molecule has 0 aliphatic carbocycles. The highest BCUT2D eigenvalue weighted by Gasteiger charge is 2.04. The van der Waals surface area contributed by atoms with Crippen LogP contribution >= 0.6 is 23.3 Å². The van der Waals surface area contributed by atoms with Gasteiger partial charge in [-0.2, -0.15) is 4.37 Å². The zero-order valence-corrected chi connectivity index (χ0v) is 12.1. The van der Waals surface area contributed by atoms with Crippen LogP contribution in [0.3, 0.4) is 0 Å². The topological polar surface area (TPSA) is 63.1 Å². The quantitative estimate of drug-likeness (QED) is 0.830. The van der Waals surface area contributed by atoms with Crippen molar-refractivity contribution in [3.05, 3.63) is 41.2 Å². The second-order valence-corrected chi connectivity index (χ2v) is 5.98. The van der Waals surface area contributed by atoms with E-state index < -0.39 is 5.97 Å². The smallest absolute Gasteiger partial charge is 0.307 e. The van der Waals surface area contributed by atoms with Crippen molar-refractivity contribution in [1.29, 1.82) is 0 Å². The molecule has 1 heterocycles. The van der Waals surface area contributed by atoms with Crippen LogP contribution in [0.4, 0.5) is 0 Å². The summed E-state index contributed by atoms with van der Waals surface area (Å²) >= 11 is 3.09. The summed E-state index contributed by atoms with van der Waals surface area (Å²) < 4.78 is 5.22. The van der Waals surface area contributed by atoms with Crippen LogP contribution in [0.25, 0.3) is 0 Å². The molecule has 0 atom stereocenters. The van der Waals surface area contributed by atoms with Crippen LogP contribution in [0.5, 0.6) is 0 Å². The maximum atomic E-state index is 10.6. The van der Waals surface area contributed by atoms with Gasteiger partial charge in [0.05, 0.1) is 6.42 Å². The molecule has 6 heteroatoms. The molecule has 0 saturated heterocycles. The normalized spacial score (nSPS) is 10.6. The minimum atomic E-state index is -0.803. The van der Waals surface area contributed by atoms with Crippen LogP contribution in [0, 0.1) is 0 Å². The fourth-order valence-corrected chi connectivity index (χ4v) is 3.16. The highest BCUT2D eigenvalue weighted by molar-refractivity contribution is 8.00. The Morgan fingerprint density at radius 2 is 2.00 bits per heavy atom. The van der Waals surface area contributed by atoms with Crippen LogP contribution in [0.15, 0.2) is 28.6 Å². The van der Waals surface area contributed by atoms with Crippen LogP contribution in [-0.4, -0.2) is 20.4 Å². The number of carboxylic acid groups (broad SMARTS) is 1. The van der Waals surface area contributed by atoms with Gasteiger partial charge in [-0.15, -0.1) is 0 Å². The summed E-state index contributed by atoms with van der Waals surface area (Å²) in [7, 11) is 0. The number of benzene rings is 1. The first-order chi connectivity index (χ1) is 9.17. The highest BCUT2D eigenvalue weighted by atomic mass is 32.2. The van der Waals surface area contributed by atoms with E-state index in [0.717, 1.165) is 33.5 Å². The van der Waals surface area contributed by atoms with E-state index >= 15 is 0 Å². The maximum absolute atomic E-state index is 10.6. The van der Waals surface area contributed by atoms with E-state index in [4.69, 9.17) is 5.11 Å². The average Bonchev–Trinajstić information content (AvgIpc) is 2.85. The molecule has 0 aliphatic heterocycles. The summed E-state index contributed by atoms with van der Waals surface area (Å²) in [4.78, 5) is 15.0. The van der Waals surface area contributed by atoms with Gasteiger partial charge in [0.2, 0.25) is 0 Å². The second kappa shape index (κ2) is 6.68. The third-order valence-corrected chi connectivity index (χ3v) is 4.45. The number of hydrogen-bond donors (Lipinski definition) is 1. The SMILES string of the molecule is CCc1nsc(SCc2ccc(CC(=O)O)cc2)n1. The van der Waals surface area contributed by atoms with Gasteiger partial charge in [0, 0.05) is 12.2 Å². The molecule has 0 unspecified atom stereocenters. The Hall–Kier alpha value is -1.40. The van der Waals surface area contributed by atoms with Crippen molar-refractivity contribution in [1.82, 2.24) is 9.36 Å². The lowest BCUT2D eigenvalue weighted by molar-refractivity contribution is -0.136. The number of aliphatic carboxylic acids is 1. The third kappa shape index (κ3) is 4.33. The molecule has 0 saturated carbocycles. The standard InChI is InChI=1S/C13H14N2O2S2/c1-2-11-14-13(19-15-11)18-8-10-5-3-9(4-6-10)7-12(16)17/h3-6H,2,7-8H2,1H3,(H,16,17). The summed E-state index contributed by atoms with van der Waals surface area (Å²) in [5.74, 6) is 0.915. The van der Waals surface area contributed by atoms with Crippen molar-refractivity contribution in [3.8, 4) is 0 Å². The van der Waals surface area contributed by atoms with E-state index in [-0.39, 0.29) is 6.42 Å². The van der Waals surface area contributed by atoms with E-state index in [1.165, 1.54) is 11.5 Å². The van der Waals surface area contributed by atoms with Gasteiger partial charge < -0.3 is 5.11 Å². The lowest BCUT2D eigenvalue weighted by Crippen LogP contribution is -1.99. The second-order valence-electron chi connectivity index (χ2n) is 4.01. The van der Waals surface area contributed by atoms with E-state index in [9.17, 15) is 4.79 Å². The Morgan fingerprint density at radius 3 is 2.58 bits per heavy atom. The number of nitrogens with zero attached hydrogens (tertiary/aromatic N) is 2. The first kappa shape index (κ1) is 14.0. The summed E-state index contributed by atoms with van der Waals surface area (Å²) in [6.45, 7) is 2.04. The minimum absolute atomic E-state index is 0.0731. The maximum Gasteiger partial charge on any atom is 0.307 e. The molecular weight excluding hydrogens is 280 g/mol. The number of hydrogen-bond acceptors (Lipinski definition) is 5. The van der Waals surface area contributed by atoms with Crippen molar-refractivity contribution in [3.63, 3.8) is 0 Å². The van der Waals surface area contributed by atoms with Crippen molar-refractivity contribution >= 4 is 29.3 Å². The monoisotopic (exact) mass is 294 g/mol. The molecule has 1 N–H and O–H groups in total. The van der Waals surface area contributed by atoms with Gasteiger partial charge >= 0.3 is 5.97 Å². The van der Waals surface area contributed by atoms with E-state index in [1.807, 2.05) is 31.2 Å². The van der Waals surface area contributed by atoms with Gasteiger partial charge in [-0.05, 0) is 22.7 Å². The number of aromatic nitrogens is 2. The molecule has 0 aliphatic rings. The number of carbonyl (C=O) groups is 1. The van der Waals surface area contributed by atoms with Crippen LogP contribution < -0.4 is 0 Å². The number of thioether (sulfide) groups is 1. The van der Waals surface area contributed by atoms with Crippen molar-refractivity contribution in [2.24, 2.45) is 0 Å². The Bertz CT molecular complexity index is 552. The molecule has 0 spiro atoms. The minimum Gasteiger partial charge on any atom is -0.481 e. The summed E-state index contributed by atoms with van der Waals surface area (Å²) in [5.41, 5.74) is 1.98. The first-order valence-electron chi connectivity index (χ1n) is 5.92. The van der Waals surface area contributed by atoms with Gasteiger partial charge in [-0.3, -0.25) is 4.79 Å². The zero-order chi connectivity index (χ0) is 13.7. The van der Waals surface area contributed by atoms with Crippen molar-refractivity contribution in [2.75, 3.05) is 0 Å². The first-order valence-corrected chi connectivity index (χ1v) is 7.68. The molecule has 2 aromatic rings. The van der Waals surface area contributed by atoms with E-state index in [0.29, 0.717) is 0 Å². The summed E-state index contributed by atoms with van der Waals surface area (Å²) in [5, 5.41) is 8.70. The van der Waals surface area contributed by atoms with Crippen molar-refractivity contribution in [2.45, 2.75) is 29.9 Å². The zero-order valence-electron chi connectivity index (χ0n) is 10.5. The number of carboxylic acids is 1. The molecule has 0 fully saturated rings. The predicted molar refractivity (Wildman–Crippen MR) is 76.6 cm³/mol. The van der Waals surface area contributed by atoms with Gasteiger partial charge in [0.15, 0.2) is 4.34 Å². The average molecular weight is 294 g/mol. The largest absolute Gasteiger partial charge is 0.481 e. The molecule has 1 aromatic heterocycles. The molecular formula is C13H14N2O2S2. The van der Waals surface area contributed by atoms with Crippen molar-refractivity contribution < 1.29 is 9.90 Å². The van der Waals surface area contributed by atoms with Gasteiger partial charge in [-0.1, -0.05) is 43.0 Å². The third-order valence-electron chi connectivity index (χ3n) is 2.51. The predicted octanol–water partition coefficient (Wildman–Crippen LogP) is 3.02. The van der Waals surface area contributed by atoms with Crippen LogP contribution in [0.1, 0.15) is 23.9 Å². The fraction of sp³-hybridized carbons (Fsp3) is 0.308. The Morgan fingerprint density at radius 1 is 1.32 bits per heavy atom.